The Morgan fingerprint density at radius 3 is 2.20 bits per heavy atom. The fraction of sp³-hybridized carbons (Fsp3) is 0.435. The van der Waals surface area contributed by atoms with Crippen LogP contribution in [0.4, 0.5) is 4.79 Å². The number of methoxy groups -OCH3 is 2. The molecule has 2 aliphatic heterocycles. The van der Waals surface area contributed by atoms with Gasteiger partial charge in [-0.25, -0.2) is 4.79 Å². The molecular weight excluding hydrogens is 386 g/mol. The zero-order valence-corrected chi connectivity index (χ0v) is 17.2. The Labute approximate surface area is 176 Å². The number of hydrogen-bond donors (Lipinski definition) is 0. The zero-order valence-electron chi connectivity index (χ0n) is 17.2. The summed E-state index contributed by atoms with van der Waals surface area (Å²) < 4.78 is 29.0. The summed E-state index contributed by atoms with van der Waals surface area (Å²) in [6, 6.07) is 19.0. The SMILES string of the molecule is COC1(OC)COC2C1N(C(=O)OCc1ccccc1)C[C@H]2OCc1ccccc1. The minimum absolute atomic E-state index is 0.191. The predicted octanol–water partition coefficient (Wildman–Crippen LogP) is 2.98. The van der Waals surface area contributed by atoms with Gasteiger partial charge in [-0.1, -0.05) is 60.7 Å². The molecule has 2 unspecified atom stereocenters. The second-order valence-corrected chi connectivity index (χ2v) is 7.47. The number of carbonyl (C=O) groups excluding carboxylic acids is 1. The van der Waals surface area contributed by atoms with Crippen molar-refractivity contribution in [3.05, 3.63) is 71.8 Å². The number of rotatable bonds is 7. The smallest absolute Gasteiger partial charge is 0.410 e. The number of ether oxygens (including phenoxy) is 5. The molecule has 0 spiro atoms. The lowest BCUT2D eigenvalue weighted by molar-refractivity contribution is -0.224. The van der Waals surface area contributed by atoms with Crippen molar-refractivity contribution in [2.45, 2.75) is 37.3 Å². The predicted molar refractivity (Wildman–Crippen MR) is 109 cm³/mol. The van der Waals surface area contributed by atoms with Gasteiger partial charge < -0.3 is 23.7 Å². The Bertz CT molecular complexity index is 826. The van der Waals surface area contributed by atoms with E-state index in [4.69, 9.17) is 23.7 Å². The highest BCUT2D eigenvalue weighted by Gasteiger charge is 2.62. The van der Waals surface area contributed by atoms with Gasteiger partial charge in [0.25, 0.3) is 0 Å². The van der Waals surface area contributed by atoms with Crippen LogP contribution in [0.5, 0.6) is 0 Å². The van der Waals surface area contributed by atoms with E-state index in [0.29, 0.717) is 13.2 Å². The first kappa shape index (κ1) is 20.8. The van der Waals surface area contributed by atoms with Crippen LogP contribution in [-0.2, 0) is 36.9 Å². The van der Waals surface area contributed by atoms with Crippen LogP contribution in [0.25, 0.3) is 0 Å². The first-order valence-electron chi connectivity index (χ1n) is 10.0. The number of carbonyl (C=O) groups is 1. The molecule has 7 nitrogen and oxygen atoms in total. The average Bonchev–Trinajstić information content (AvgIpc) is 3.36. The highest BCUT2D eigenvalue weighted by Crippen LogP contribution is 2.40. The Morgan fingerprint density at radius 1 is 1.00 bits per heavy atom. The number of nitrogens with zero attached hydrogens (tertiary/aromatic N) is 1. The van der Waals surface area contributed by atoms with Gasteiger partial charge in [0.2, 0.25) is 5.79 Å². The minimum atomic E-state index is -1.05. The summed E-state index contributed by atoms with van der Waals surface area (Å²) >= 11 is 0. The number of hydrogen-bond acceptors (Lipinski definition) is 6. The van der Waals surface area contributed by atoms with Crippen LogP contribution in [0.15, 0.2) is 60.7 Å². The van der Waals surface area contributed by atoms with E-state index in [1.165, 1.54) is 0 Å². The van der Waals surface area contributed by atoms with E-state index in [9.17, 15) is 4.79 Å². The molecule has 2 saturated heterocycles. The number of benzene rings is 2. The molecule has 0 bridgehead atoms. The van der Waals surface area contributed by atoms with Crippen molar-refractivity contribution in [1.82, 2.24) is 4.90 Å². The standard InChI is InChI=1S/C23H27NO6/c1-26-23(27-2)16-30-20-19(28-14-17-9-5-3-6-10-17)13-24(21(20)23)22(25)29-15-18-11-7-4-8-12-18/h3-12,19-21H,13-16H2,1-2H3/t19-,20?,21?/m1/s1. The molecule has 2 fully saturated rings. The second kappa shape index (κ2) is 9.14. The van der Waals surface area contributed by atoms with E-state index >= 15 is 0 Å². The molecule has 0 saturated carbocycles. The summed E-state index contributed by atoms with van der Waals surface area (Å²) in [6.45, 7) is 1.17. The molecule has 4 rings (SSSR count). The van der Waals surface area contributed by atoms with Gasteiger partial charge in [-0.05, 0) is 11.1 Å². The quantitative estimate of drug-likeness (QED) is 0.650. The lowest BCUT2D eigenvalue weighted by Crippen LogP contribution is -2.55. The maximum Gasteiger partial charge on any atom is 0.410 e. The highest BCUT2D eigenvalue weighted by atomic mass is 16.7. The zero-order chi connectivity index (χ0) is 21.0. The lowest BCUT2D eigenvalue weighted by Gasteiger charge is -2.35. The van der Waals surface area contributed by atoms with Crippen molar-refractivity contribution in [3.63, 3.8) is 0 Å². The molecular formula is C23H27NO6. The van der Waals surface area contributed by atoms with Crippen molar-refractivity contribution in [2.75, 3.05) is 27.4 Å². The summed E-state index contributed by atoms with van der Waals surface area (Å²) in [5.41, 5.74) is 1.98. The normalized spacial score (nSPS) is 24.6. The van der Waals surface area contributed by atoms with Crippen LogP contribution >= 0.6 is 0 Å². The molecule has 1 amide bonds. The van der Waals surface area contributed by atoms with E-state index in [0.717, 1.165) is 11.1 Å². The summed E-state index contributed by atoms with van der Waals surface area (Å²) in [5.74, 6) is -1.05. The van der Waals surface area contributed by atoms with E-state index in [-0.39, 0.29) is 25.4 Å². The number of amides is 1. The van der Waals surface area contributed by atoms with Crippen molar-refractivity contribution in [2.24, 2.45) is 0 Å². The van der Waals surface area contributed by atoms with Crippen molar-refractivity contribution < 1.29 is 28.5 Å². The number of likely N-dealkylation sites (tertiary alicyclic amines) is 1. The maximum atomic E-state index is 13.0. The Morgan fingerprint density at radius 2 is 1.60 bits per heavy atom. The van der Waals surface area contributed by atoms with Gasteiger partial charge in [0, 0.05) is 14.2 Å². The van der Waals surface area contributed by atoms with Gasteiger partial charge in [0.15, 0.2) is 0 Å². The molecule has 7 heteroatoms. The first-order valence-corrected chi connectivity index (χ1v) is 10.0. The molecule has 3 atom stereocenters. The molecule has 2 aromatic carbocycles. The minimum Gasteiger partial charge on any atom is -0.445 e. The van der Waals surface area contributed by atoms with E-state index in [2.05, 4.69) is 0 Å². The fourth-order valence-corrected chi connectivity index (χ4v) is 4.13. The van der Waals surface area contributed by atoms with Gasteiger partial charge >= 0.3 is 6.09 Å². The first-order chi connectivity index (χ1) is 14.7. The van der Waals surface area contributed by atoms with Crippen molar-refractivity contribution >= 4 is 6.09 Å². The molecule has 2 heterocycles. The summed E-state index contributed by atoms with van der Waals surface area (Å²) in [6.07, 6.45) is -1.12. The third-order valence-corrected chi connectivity index (χ3v) is 5.76. The molecule has 2 aliphatic rings. The fourth-order valence-electron chi connectivity index (χ4n) is 4.13. The third kappa shape index (κ3) is 4.06. The van der Waals surface area contributed by atoms with E-state index < -0.39 is 17.9 Å². The largest absolute Gasteiger partial charge is 0.445 e. The van der Waals surface area contributed by atoms with Crippen LogP contribution in [0.3, 0.4) is 0 Å². The number of fused-ring (bicyclic) bond motifs is 1. The monoisotopic (exact) mass is 413 g/mol. The maximum absolute atomic E-state index is 13.0. The van der Waals surface area contributed by atoms with Gasteiger partial charge in [-0.15, -0.1) is 0 Å². The topological polar surface area (TPSA) is 66.5 Å². The van der Waals surface area contributed by atoms with E-state index in [1.807, 2.05) is 60.7 Å². The van der Waals surface area contributed by atoms with E-state index in [1.54, 1.807) is 19.1 Å². The van der Waals surface area contributed by atoms with Gasteiger partial charge in [0.1, 0.15) is 31.5 Å². The molecule has 30 heavy (non-hydrogen) atoms. The molecule has 160 valence electrons. The third-order valence-electron chi connectivity index (χ3n) is 5.76. The van der Waals surface area contributed by atoms with Gasteiger partial charge in [-0.2, -0.15) is 0 Å². The molecule has 2 aromatic rings. The summed E-state index contributed by atoms with van der Waals surface area (Å²) in [5, 5.41) is 0. The Hall–Kier alpha value is -2.45. The summed E-state index contributed by atoms with van der Waals surface area (Å²) in [7, 11) is 3.11. The average molecular weight is 413 g/mol. The van der Waals surface area contributed by atoms with Crippen LogP contribution < -0.4 is 0 Å². The van der Waals surface area contributed by atoms with Crippen molar-refractivity contribution in [1.29, 1.82) is 0 Å². The summed E-state index contributed by atoms with van der Waals surface area (Å²) in [4.78, 5) is 14.6. The Kier molecular flexibility index (Phi) is 6.34. The molecule has 0 N–H and O–H groups in total. The molecule has 0 aromatic heterocycles. The van der Waals surface area contributed by atoms with Crippen LogP contribution in [0.1, 0.15) is 11.1 Å². The Balaban J connectivity index is 1.48. The van der Waals surface area contributed by atoms with Crippen molar-refractivity contribution in [3.8, 4) is 0 Å². The van der Waals surface area contributed by atoms with Gasteiger partial charge in [-0.3, -0.25) is 4.90 Å². The lowest BCUT2D eigenvalue weighted by atomic mass is 10.0. The van der Waals surface area contributed by atoms with Crippen LogP contribution in [-0.4, -0.2) is 62.4 Å². The van der Waals surface area contributed by atoms with Crippen LogP contribution in [0.2, 0.25) is 0 Å². The van der Waals surface area contributed by atoms with Gasteiger partial charge in [0.05, 0.1) is 13.2 Å². The van der Waals surface area contributed by atoms with Crippen LogP contribution in [0, 0.1) is 0 Å². The highest BCUT2D eigenvalue weighted by molar-refractivity contribution is 5.69. The molecule has 0 aliphatic carbocycles. The second-order valence-electron chi connectivity index (χ2n) is 7.47. The molecule has 0 radical (unpaired) electrons.